The van der Waals surface area contributed by atoms with Crippen LogP contribution in [-0.2, 0) is 11.0 Å². The molecular weight excluding hydrogens is 472 g/mol. The molecule has 0 atom stereocenters. The zero-order valence-electron chi connectivity index (χ0n) is 18.7. The quantitative estimate of drug-likeness (QED) is 0.478. The van der Waals surface area contributed by atoms with E-state index < -0.39 is 28.7 Å². The molecule has 4 rings (SSSR count). The van der Waals surface area contributed by atoms with Crippen LogP contribution in [0, 0.1) is 17.2 Å². The van der Waals surface area contributed by atoms with E-state index in [0.29, 0.717) is 43.2 Å². The van der Waals surface area contributed by atoms with Crippen LogP contribution in [0.5, 0.6) is 5.75 Å². The van der Waals surface area contributed by atoms with Crippen molar-refractivity contribution in [2.24, 2.45) is 5.92 Å². The Morgan fingerprint density at radius 2 is 1.94 bits per heavy atom. The van der Waals surface area contributed by atoms with Crippen LogP contribution in [0.2, 0.25) is 0 Å². The van der Waals surface area contributed by atoms with E-state index in [1.165, 1.54) is 4.90 Å². The van der Waals surface area contributed by atoms with Gasteiger partial charge in [-0.1, -0.05) is 12.2 Å². The van der Waals surface area contributed by atoms with E-state index in [9.17, 15) is 18.0 Å². The van der Waals surface area contributed by atoms with E-state index in [0.717, 1.165) is 25.7 Å². The Labute approximate surface area is 200 Å². The van der Waals surface area contributed by atoms with Crippen molar-refractivity contribution in [3.05, 3.63) is 28.0 Å². The Bertz CT molecular complexity index is 938. The van der Waals surface area contributed by atoms with Crippen LogP contribution in [0.1, 0.15) is 35.4 Å². The van der Waals surface area contributed by atoms with Crippen molar-refractivity contribution in [2.45, 2.75) is 43.6 Å². The lowest BCUT2D eigenvalue weighted by Gasteiger charge is -2.40. The topological polar surface area (TPSA) is 68.6 Å². The van der Waals surface area contributed by atoms with Crippen molar-refractivity contribution in [3.63, 3.8) is 0 Å². The summed E-state index contributed by atoms with van der Waals surface area (Å²) < 4.78 is 60.0. The number of halogens is 4. The monoisotopic (exact) mass is 500 g/mol. The highest BCUT2D eigenvalue weighted by molar-refractivity contribution is 7.13. The minimum Gasteiger partial charge on any atom is -0.488 e. The number of nitrogens with zero attached hydrogens (tertiary/aromatic N) is 3. The molecule has 1 amide bonds. The number of amides is 1. The molecule has 34 heavy (non-hydrogen) atoms. The molecule has 3 fully saturated rings. The third kappa shape index (κ3) is 5.73. The number of thiophene rings is 1. The molecule has 4 heterocycles. The molecule has 3 saturated heterocycles. The Morgan fingerprint density at radius 1 is 1.26 bits per heavy atom. The van der Waals surface area contributed by atoms with Gasteiger partial charge < -0.3 is 15.0 Å². The second-order valence-corrected chi connectivity index (χ2v) is 10.2. The Balaban J connectivity index is 1.25. The van der Waals surface area contributed by atoms with Crippen LogP contribution in [0.25, 0.3) is 0 Å². The highest BCUT2D eigenvalue weighted by Crippen LogP contribution is 2.40. The average Bonchev–Trinajstić information content (AvgIpc) is 3.20. The summed E-state index contributed by atoms with van der Waals surface area (Å²) in [5.41, 5.74) is -1.88. The number of likely N-dealkylation sites (tertiary alicyclic amines) is 2. The zero-order chi connectivity index (χ0) is 24.3. The first-order valence-corrected chi connectivity index (χ1v) is 12.4. The minimum atomic E-state index is -4.54. The first-order chi connectivity index (χ1) is 16.2. The number of rotatable bonds is 6. The summed E-state index contributed by atoms with van der Waals surface area (Å²) in [6, 6.07) is 2.60. The number of hydrogen-bond donors (Lipinski definition) is 1. The van der Waals surface area contributed by atoms with Gasteiger partial charge in [-0.05, 0) is 0 Å². The van der Waals surface area contributed by atoms with E-state index in [2.05, 4.69) is 22.4 Å². The van der Waals surface area contributed by atoms with Crippen LogP contribution >= 0.6 is 11.3 Å². The fraction of sp³-hybridized carbons (Fsp3) is 0.652. The number of carbonyl (C=O) groups excluding carboxylic acids is 1. The van der Waals surface area contributed by atoms with Gasteiger partial charge in [-0.15, -0.1) is 11.3 Å². The predicted octanol–water partition coefficient (Wildman–Crippen LogP) is 3.59. The highest BCUT2D eigenvalue weighted by Gasteiger charge is 2.45. The van der Waals surface area contributed by atoms with Crippen molar-refractivity contribution < 1.29 is 27.1 Å². The van der Waals surface area contributed by atoms with E-state index in [-0.39, 0.29) is 36.6 Å². The Kier molecular flexibility index (Phi) is 7.50. The lowest BCUT2D eigenvalue weighted by atomic mass is 9.90. The average molecular weight is 501 g/mol. The van der Waals surface area contributed by atoms with Crippen molar-refractivity contribution in [3.8, 4) is 11.8 Å². The normalized spacial score (nSPS) is 22.5. The van der Waals surface area contributed by atoms with Crippen molar-refractivity contribution in [1.82, 2.24) is 15.1 Å². The molecule has 1 aromatic rings. The molecule has 0 bridgehead atoms. The molecule has 6 nitrogen and oxygen atoms in total. The van der Waals surface area contributed by atoms with Crippen LogP contribution < -0.4 is 10.1 Å². The zero-order valence-corrected chi connectivity index (χ0v) is 19.6. The summed E-state index contributed by atoms with van der Waals surface area (Å²) in [6.45, 7) is 4.35. The molecule has 11 heteroatoms. The fourth-order valence-electron chi connectivity index (χ4n) is 4.47. The van der Waals surface area contributed by atoms with Gasteiger partial charge in [0.25, 0.3) is 5.91 Å². The summed E-state index contributed by atoms with van der Waals surface area (Å²) in [5.74, 6) is -0.00713. The third-order valence-corrected chi connectivity index (χ3v) is 7.78. The van der Waals surface area contributed by atoms with Gasteiger partial charge in [-0.2, -0.15) is 18.4 Å². The predicted molar refractivity (Wildman–Crippen MR) is 119 cm³/mol. The van der Waals surface area contributed by atoms with Gasteiger partial charge >= 0.3 is 6.18 Å². The van der Waals surface area contributed by atoms with Crippen molar-refractivity contribution in [1.29, 1.82) is 5.26 Å². The van der Waals surface area contributed by atoms with Gasteiger partial charge in [-0.3, -0.25) is 9.69 Å². The van der Waals surface area contributed by atoms with Crippen molar-refractivity contribution >= 4 is 17.2 Å². The number of carbonyl (C=O) groups is 1. The van der Waals surface area contributed by atoms with E-state index in [1.807, 2.05) is 0 Å². The SMILES string of the molecule is N#Cc1sc(C(F)(F)F)cc1OC1CCN(C(=O)C2(F)CCN(C/C=C/C3CNC3)CC2)CC1. The van der Waals surface area contributed by atoms with Crippen molar-refractivity contribution in [2.75, 3.05) is 45.8 Å². The second-order valence-electron chi connectivity index (χ2n) is 9.14. The molecule has 0 aromatic carbocycles. The van der Waals surface area contributed by atoms with E-state index in [4.69, 9.17) is 10.00 Å². The first-order valence-electron chi connectivity index (χ1n) is 11.5. The second kappa shape index (κ2) is 10.2. The van der Waals surface area contributed by atoms with Crippen LogP contribution in [0.15, 0.2) is 18.2 Å². The summed E-state index contributed by atoms with van der Waals surface area (Å²) in [5, 5.41) is 12.3. The number of hydrogen-bond acceptors (Lipinski definition) is 6. The lowest BCUT2D eigenvalue weighted by molar-refractivity contribution is -0.149. The van der Waals surface area contributed by atoms with Crippen LogP contribution in [0.4, 0.5) is 17.6 Å². The Morgan fingerprint density at radius 3 is 2.50 bits per heavy atom. The van der Waals surface area contributed by atoms with Gasteiger partial charge in [0, 0.05) is 83.5 Å². The maximum atomic E-state index is 15.5. The smallest absolute Gasteiger partial charge is 0.425 e. The van der Waals surface area contributed by atoms with Crippen LogP contribution in [-0.4, -0.2) is 73.3 Å². The first kappa shape index (κ1) is 24.9. The minimum absolute atomic E-state index is 0.0819. The molecule has 3 aliphatic heterocycles. The summed E-state index contributed by atoms with van der Waals surface area (Å²) in [7, 11) is 0. The maximum Gasteiger partial charge on any atom is 0.425 e. The van der Waals surface area contributed by atoms with E-state index in [1.54, 1.807) is 6.07 Å². The molecule has 0 saturated carbocycles. The number of ether oxygens (including phenoxy) is 1. The van der Waals surface area contributed by atoms with E-state index >= 15 is 4.39 Å². The number of nitriles is 1. The molecule has 0 spiro atoms. The molecular formula is C23H28F4N4O2S. The summed E-state index contributed by atoms with van der Waals surface area (Å²) in [6.07, 6.45) is 0.388. The molecule has 1 aromatic heterocycles. The van der Waals surface area contributed by atoms with Gasteiger partial charge in [-0.25, -0.2) is 4.39 Å². The standard InChI is InChI=1S/C23H28F4N4O2S/c24-22(5-10-30(11-6-22)7-1-2-16-14-29-15-16)21(32)31-8-3-17(4-9-31)33-18-12-20(23(25,26)27)34-19(18)13-28/h1-2,12,16-17,29H,3-11,14-15H2/b2-1+. The van der Waals surface area contributed by atoms with Gasteiger partial charge in [0.15, 0.2) is 5.67 Å². The number of piperidine rings is 2. The number of nitrogens with one attached hydrogen (secondary N) is 1. The summed E-state index contributed by atoms with van der Waals surface area (Å²) in [4.78, 5) is 15.6. The third-order valence-electron chi connectivity index (χ3n) is 6.72. The van der Waals surface area contributed by atoms with Gasteiger partial charge in [0.1, 0.15) is 27.7 Å². The van der Waals surface area contributed by atoms with Gasteiger partial charge in [0.05, 0.1) is 0 Å². The Hall–Kier alpha value is -2.16. The molecule has 0 aliphatic carbocycles. The molecule has 3 aliphatic rings. The van der Waals surface area contributed by atoms with Crippen LogP contribution in [0.3, 0.4) is 0 Å². The fourth-order valence-corrected chi connectivity index (χ4v) is 5.23. The number of alkyl halides is 4. The summed E-state index contributed by atoms with van der Waals surface area (Å²) >= 11 is 0.353. The molecule has 0 radical (unpaired) electrons. The van der Waals surface area contributed by atoms with Gasteiger partial charge in [0.2, 0.25) is 0 Å². The highest BCUT2D eigenvalue weighted by atomic mass is 32.1. The lowest BCUT2D eigenvalue weighted by Crippen LogP contribution is -2.54. The molecule has 186 valence electrons. The largest absolute Gasteiger partial charge is 0.488 e. The molecule has 1 N–H and O–H groups in total. The molecule has 0 unspecified atom stereocenters. The maximum absolute atomic E-state index is 15.5.